The van der Waals surface area contributed by atoms with Crippen molar-refractivity contribution in [2.75, 3.05) is 6.54 Å². The summed E-state index contributed by atoms with van der Waals surface area (Å²) in [6.07, 6.45) is 0.249. The first-order valence-electron chi connectivity index (χ1n) is 3.83. The maximum atomic E-state index is 10.2. The van der Waals surface area contributed by atoms with Crippen molar-refractivity contribution in [2.45, 2.75) is 25.0 Å². The first-order valence-corrected chi connectivity index (χ1v) is 3.42. The summed E-state index contributed by atoms with van der Waals surface area (Å²) in [5.41, 5.74) is 10.4. The molecule has 0 aromatic carbocycles. The van der Waals surface area contributed by atoms with Crippen LogP contribution in [-0.2, 0) is 4.79 Å². The normalized spacial score (nSPS) is 17.1. The van der Waals surface area contributed by atoms with Gasteiger partial charge in [-0.25, -0.2) is 0 Å². The molecule has 0 aliphatic rings. The third-order valence-electron chi connectivity index (χ3n) is 1.38. The van der Waals surface area contributed by atoms with E-state index >= 15 is 0 Å². The molecule has 0 aromatic heterocycles. The molecular weight excluding hydrogens is 148 g/mol. The Hall–Kier alpha value is -0.650. The first-order chi connectivity index (χ1) is 5.61. The standard InChI is InChI=1S/C6H14N2O3/c7-3-4(9)1-2-5(8)6(10)11/h4-5,9H,1-3,7-8H2,(H,10,11)/t4-,5+/m0/s1/i9D. The zero-order valence-electron chi connectivity index (χ0n) is 7.19. The lowest BCUT2D eigenvalue weighted by molar-refractivity contribution is -0.138. The lowest BCUT2D eigenvalue weighted by Crippen LogP contribution is -2.32. The van der Waals surface area contributed by atoms with Crippen LogP contribution in [-0.4, -0.2) is 36.3 Å². The molecule has 0 bridgehead atoms. The van der Waals surface area contributed by atoms with Crippen molar-refractivity contribution >= 4 is 5.97 Å². The van der Waals surface area contributed by atoms with Crippen LogP contribution in [0.4, 0.5) is 0 Å². The number of nitrogens with two attached hydrogens (primary N) is 2. The van der Waals surface area contributed by atoms with Gasteiger partial charge in [-0.3, -0.25) is 4.79 Å². The molecule has 11 heavy (non-hydrogen) atoms. The minimum Gasteiger partial charge on any atom is -0.480 e. The smallest absolute Gasteiger partial charge is 0.320 e. The number of aliphatic hydroxyl groups is 1. The van der Waals surface area contributed by atoms with E-state index in [0.29, 0.717) is 6.42 Å². The number of carbonyl (C=O) groups is 1. The van der Waals surface area contributed by atoms with Crippen LogP contribution in [0.3, 0.4) is 0 Å². The van der Waals surface area contributed by atoms with Crippen LogP contribution in [0.5, 0.6) is 0 Å². The van der Waals surface area contributed by atoms with Gasteiger partial charge in [0.15, 0.2) is 0 Å². The van der Waals surface area contributed by atoms with Crippen LogP contribution >= 0.6 is 0 Å². The van der Waals surface area contributed by atoms with Gasteiger partial charge in [-0.1, -0.05) is 0 Å². The Morgan fingerprint density at radius 2 is 2.27 bits per heavy atom. The van der Waals surface area contributed by atoms with E-state index in [1.54, 1.807) is 0 Å². The highest BCUT2D eigenvalue weighted by Crippen LogP contribution is 1.98. The second-order valence-corrected chi connectivity index (χ2v) is 2.38. The summed E-state index contributed by atoms with van der Waals surface area (Å²) in [6, 6.07) is -0.894. The van der Waals surface area contributed by atoms with E-state index in [1.165, 1.54) is 0 Å². The fourth-order valence-electron chi connectivity index (χ4n) is 0.607. The topological polar surface area (TPSA) is 110 Å². The molecule has 0 aromatic rings. The number of aliphatic hydroxyl groups excluding tert-OH is 1. The van der Waals surface area contributed by atoms with E-state index in [9.17, 15) is 4.79 Å². The van der Waals surface area contributed by atoms with Gasteiger partial charge < -0.3 is 21.7 Å². The van der Waals surface area contributed by atoms with Crippen molar-refractivity contribution in [3.63, 3.8) is 0 Å². The molecule has 5 nitrogen and oxygen atoms in total. The first kappa shape index (κ1) is 8.45. The molecule has 0 fully saturated rings. The largest absolute Gasteiger partial charge is 0.480 e. The van der Waals surface area contributed by atoms with Gasteiger partial charge in [0.2, 0.25) is 1.43 Å². The second-order valence-electron chi connectivity index (χ2n) is 2.38. The average Bonchev–Trinajstić information content (AvgIpc) is 2.05. The fourth-order valence-corrected chi connectivity index (χ4v) is 0.607. The van der Waals surface area contributed by atoms with Crippen molar-refractivity contribution < 1.29 is 15.0 Å². The van der Waals surface area contributed by atoms with E-state index in [2.05, 4.69) is 5.11 Å². The minimum absolute atomic E-state index is 0.204. The predicted molar refractivity (Wildman–Crippen MR) is 39.9 cm³/mol. The molecule has 0 saturated carbocycles. The van der Waals surface area contributed by atoms with Crippen molar-refractivity contribution in [1.29, 1.82) is 1.43 Å². The van der Waals surface area contributed by atoms with Crippen LogP contribution in [0.25, 0.3) is 0 Å². The summed E-state index contributed by atoms with van der Waals surface area (Å²) >= 11 is 0. The zero-order chi connectivity index (χ0) is 9.56. The predicted octanol–water partition coefficient (Wildman–Crippen LogP) is -1.50. The van der Waals surface area contributed by atoms with E-state index in [0.717, 1.165) is 0 Å². The highest BCUT2D eigenvalue weighted by atomic mass is 16.4. The molecule has 0 aliphatic heterocycles. The van der Waals surface area contributed by atoms with Crippen molar-refractivity contribution in [1.82, 2.24) is 0 Å². The van der Waals surface area contributed by atoms with Crippen LogP contribution in [0, 0.1) is 0 Å². The molecule has 2 atom stereocenters. The monoisotopic (exact) mass is 163 g/mol. The summed E-state index contributed by atoms with van der Waals surface area (Å²) in [7, 11) is 0. The molecule has 6 N–H and O–H groups in total. The third kappa shape index (κ3) is 4.72. The van der Waals surface area contributed by atoms with E-state index < -0.39 is 18.1 Å². The van der Waals surface area contributed by atoms with Crippen molar-refractivity contribution in [3.05, 3.63) is 0 Å². The molecule has 0 heterocycles. The molecule has 0 rings (SSSR count). The Kier molecular flexibility index (Phi) is 3.89. The summed E-state index contributed by atoms with van der Waals surface area (Å²) in [5, 5.41) is 12.6. The Morgan fingerprint density at radius 1 is 1.64 bits per heavy atom. The molecule has 0 aliphatic carbocycles. The van der Waals surface area contributed by atoms with Crippen LogP contribution in [0.2, 0.25) is 0 Å². The molecule has 0 unspecified atom stereocenters. The van der Waals surface area contributed by atoms with Crippen LogP contribution in [0.15, 0.2) is 0 Å². The number of carboxylic acid groups (broad SMARTS) is 1. The molecule has 66 valence electrons. The van der Waals surface area contributed by atoms with Gasteiger partial charge in [0.25, 0.3) is 0 Å². The van der Waals surface area contributed by atoms with Gasteiger partial charge in [0, 0.05) is 6.54 Å². The van der Waals surface area contributed by atoms with Gasteiger partial charge in [0.1, 0.15) is 6.04 Å². The number of aliphatic carboxylic acids is 1. The summed E-state index contributed by atoms with van der Waals surface area (Å²) in [4.78, 5) is 10.2. The molecule has 5 heteroatoms. The molecular formula is C6H14N2O3. The van der Waals surface area contributed by atoms with E-state index in [-0.39, 0.29) is 13.0 Å². The Labute approximate surface area is 66.5 Å². The summed E-state index contributed by atoms with van der Waals surface area (Å²) < 4.78 is 6.54. The SMILES string of the molecule is [2H]O[C@H](CN)CC[C@@H](N)C(=O)O. The van der Waals surface area contributed by atoms with Crippen molar-refractivity contribution in [2.24, 2.45) is 11.5 Å². The van der Waals surface area contributed by atoms with Gasteiger partial charge >= 0.3 is 5.97 Å². The molecule has 0 saturated heterocycles. The van der Waals surface area contributed by atoms with Gasteiger partial charge in [0.05, 0.1) is 6.10 Å². The maximum absolute atomic E-state index is 10.2. The average molecular weight is 163 g/mol. The van der Waals surface area contributed by atoms with Gasteiger partial charge in [-0.2, -0.15) is 0 Å². The number of carboxylic acids is 1. The molecule has 0 amide bonds. The lowest BCUT2D eigenvalue weighted by atomic mass is 10.1. The molecule has 0 radical (unpaired) electrons. The fraction of sp³-hybridized carbons (Fsp3) is 0.833. The second kappa shape index (κ2) is 5.06. The van der Waals surface area contributed by atoms with Crippen LogP contribution in [0.1, 0.15) is 12.8 Å². The number of rotatable bonds is 6. The van der Waals surface area contributed by atoms with Gasteiger partial charge in [-0.05, 0) is 12.8 Å². The number of hydrogen-bond acceptors (Lipinski definition) is 4. The summed E-state index contributed by atoms with van der Waals surface area (Å²) in [6.45, 7) is 0.204. The number of hydrogen-bond donors (Lipinski definition) is 4. The molecule has 0 spiro atoms. The zero-order valence-corrected chi connectivity index (χ0v) is 6.19. The Bertz CT molecular complexity index is 141. The van der Waals surface area contributed by atoms with E-state index in [1.807, 2.05) is 0 Å². The van der Waals surface area contributed by atoms with E-state index in [4.69, 9.17) is 18.0 Å². The van der Waals surface area contributed by atoms with Crippen LogP contribution < -0.4 is 11.5 Å². The minimum atomic E-state index is -1.05. The quantitative estimate of drug-likeness (QED) is 0.381. The van der Waals surface area contributed by atoms with Gasteiger partial charge in [-0.15, -0.1) is 0 Å². The van der Waals surface area contributed by atoms with Crippen molar-refractivity contribution in [3.8, 4) is 0 Å². The Balaban J connectivity index is 3.58. The highest BCUT2D eigenvalue weighted by Gasteiger charge is 2.12. The summed E-state index contributed by atoms with van der Waals surface area (Å²) in [5.74, 6) is -1.05. The maximum Gasteiger partial charge on any atom is 0.320 e. The Morgan fingerprint density at radius 3 is 2.64 bits per heavy atom. The lowest BCUT2D eigenvalue weighted by Gasteiger charge is -2.09. The highest BCUT2D eigenvalue weighted by molar-refractivity contribution is 5.72. The third-order valence-corrected chi connectivity index (χ3v) is 1.38.